The van der Waals surface area contributed by atoms with Crippen molar-refractivity contribution in [3.05, 3.63) is 34.2 Å². The minimum absolute atomic E-state index is 0.0362. The molecule has 1 heterocycles. The van der Waals surface area contributed by atoms with Gasteiger partial charge in [0.2, 0.25) is 0 Å². The summed E-state index contributed by atoms with van der Waals surface area (Å²) in [5.41, 5.74) is 0.186. The molecule has 2 rings (SSSR count). The lowest BCUT2D eigenvalue weighted by molar-refractivity contribution is 0.233. The van der Waals surface area contributed by atoms with Gasteiger partial charge in [0.25, 0.3) is 0 Å². The smallest absolute Gasteiger partial charge is 0.336 e. The van der Waals surface area contributed by atoms with Gasteiger partial charge in [0.1, 0.15) is 17.1 Å². The van der Waals surface area contributed by atoms with Crippen molar-refractivity contribution in [3.63, 3.8) is 0 Å². The van der Waals surface area contributed by atoms with Gasteiger partial charge in [-0.05, 0) is 5.56 Å². The summed E-state index contributed by atoms with van der Waals surface area (Å²) in [4.78, 5) is 11.4. The number of aliphatic hydroxyl groups is 2. The maximum Gasteiger partial charge on any atom is 0.336 e. The fraction of sp³-hybridized carbons (Fsp3) is 0.357. The lowest BCUT2D eigenvalue weighted by atomic mass is 10.1. The summed E-state index contributed by atoms with van der Waals surface area (Å²) in [7, 11) is 1.48. The van der Waals surface area contributed by atoms with E-state index in [2.05, 4.69) is 0 Å². The van der Waals surface area contributed by atoms with Crippen molar-refractivity contribution in [1.29, 1.82) is 0 Å². The quantitative estimate of drug-likeness (QED) is 0.607. The van der Waals surface area contributed by atoms with Crippen LogP contribution in [0.1, 0.15) is 12.0 Å². The van der Waals surface area contributed by atoms with E-state index in [9.17, 15) is 9.90 Å². The van der Waals surface area contributed by atoms with Gasteiger partial charge >= 0.3 is 5.63 Å². The Morgan fingerprint density at radius 3 is 2.70 bits per heavy atom. The Bertz CT molecular complexity index is 646. The van der Waals surface area contributed by atoms with Gasteiger partial charge in [-0.15, -0.1) is 0 Å². The zero-order valence-electron chi connectivity index (χ0n) is 11.1. The number of hydrogen-bond donors (Lipinski definition) is 2. The van der Waals surface area contributed by atoms with E-state index >= 15 is 0 Å². The van der Waals surface area contributed by atoms with Gasteiger partial charge in [0.15, 0.2) is 0 Å². The van der Waals surface area contributed by atoms with Crippen LogP contribution in [0, 0.1) is 0 Å². The molecule has 0 fully saturated rings. The number of fused-ring (bicyclic) bond motifs is 1. The number of hydrogen-bond acceptors (Lipinski definition) is 6. The van der Waals surface area contributed by atoms with Gasteiger partial charge in [0.05, 0.1) is 25.7 Å². The first-order valence-electron chi connectivity index (χ1n) is 6.19. The van der Waals surface area contributed by atoms with E-state index in [0.717, 1.165) is 0 Å². The van der Waals surface area contributed by atoms with Crippen molar-refractivity contribution >= 4 is 11.0 Å². The Labute approximate surface area is 115 Å². The van der Waals surface area contributed by atoms with Crippen molar-refractivity contribution in [3.8, 4) is 11.5 Å². The molecule has 2 aromatic rings. The molecule has 0 atom stereocenters. The van der Waals surface area contributed by atoms with E-state index in [1.807, 2.05) is 0 Å². The summed E-state index contributed by atoms with van der Waals surface area (Å²) in [6.45, 7) is 0.0900. The van der Waals surface area contributed by atoms with Crippen molar-refractivity contribution < 1.29 is 24.1 Å². The van der Waals surface area contributed by atoms with Gasteiger partial charge < -0.3 is 24.1 Å². The molecule has 0 aliphatic carbocycles. The van der Waals surface area contributed by atoms with Gasteiger partial charge in [0, 0.05) is 31.2 Å². The summed E-state index contributed by atoms with van der Waals surface area (Å²) in [6.07, 6.45) is 0.501. The zero-order chi connectivity index (χ0) is 14.5. The molecular weight excluding hydrogens is 264 g/mol. The number of rotatable bonds is 6. The van der Waals surface area contributed by atoms with Crippen molar-refractivity contribution in [2.75, 3.05) is 20.3 Å². The average molecular weight is 280 g/mol. The molecule has 0 spiro atoms. The van der Waals surface area contributed by atoms with E-state index in [-0.39, 0.29) is 13.2 Å². The Kier molecular flexibility index (Phi) is 4.60. The Morgan fingerprint density at radius 1 is 1.25 bits per heavy atom. The Morgan fingerprint density at radius 2 is 2.05 bits per heavy atom. The van der Waals surface area contributed by atoms with E-state index in [1.165, 1.54) is 13.2 Å². The standard InChI is InChI=1S/C14H16O6/c1-18-11-6-10(19-4-2-3-15)7-12-14(11)9(8-16)5-13(17)20-12/h5-7,15-16H,2-4,8H2,1H3. The van der Waals surface area contributed by atoms with E-state index in [1.54, 1.807) is 12.1 Å². The van der Waals surface area contributed by atoms with Gasteiger partial charge in [-0.25, -0.2) is 4.79 Å². The highest BCUT2D eigenvalue weighted by Crippen LogP contribution is 2.32. The lowest BCUT2D eigenvalue weighted by Crippen LogP contribution is -2.04. The van der Waals surface area contributed by atoms with Crippen molar-refractivity contribution in [1.82, 2.24) is 0 Å². The van der Waals surface area contributed by atoms with Crippen LogP contribution < -0.4 is 15.1 Å². The third-order valence-corrected chi connectivity index (χ3v) is 2.82. The van der Waals surface area contributed by atoms with E-state index in [0.29, 0.717) is 41.1 Å². The highest BCUT2D eigenvalue weighted by molar-refractivity contribution is 5.88. The van der Waals surface area contributed by atoms with Gasteiger partial charge in [-0.3, -0.25) is 0 Å². The number of benzene rings is 1. The molecule has 0 saturated heterocycles. The molecule has 6 heteroatoms. The predicted molar refractivity (Wildman–Crippen MR) is 72.2 cm³/mol. The largest absolute Gasteiger partial charge is 0.496 e. The molecule has 2 N–H and O–H groups in total. The van der Waals surface area contributed by atoms with Crippen molar-refractivity contribution in [2.45, 2.75) is 13.0 Å². The Hall–Kier alpha value is -2.05. The Balaban J connectivity index is 2.53. The third kappa shape index (κ3) is 2.92. The molecule has 0 bridgehead atoms. The van der Waals surface area contributed by atoms with Crippen LogP contribution in [0.15, 0.2) is 27.4 Å². The van der Waals surface area contributed by atoms with Crippen LogP contribution in [0.4, 0.5) is 0 Å². The first-order valence-corrected chi connectivity index (χ1v) is 6.19. The lowest BCUT2D eigenvalue weighted by Gasteiger charge is -2.11. The van der Waals surface area contributed by atoms with Crippen LogP contribution in [-0.2, 0) is 6.61 Å². The fourth-order valence-corrected chi connectivity index (χ4v) is 1.94. The highest BCUT2D eigenvalue weighted by atomic mass is 16.5. The van der Waals surface area contributed by atoms with Crippen LogP contribution in [0.2, 0.25) is 0 Å². The molecule has 0 aliphatic heterocycles. The highest BCUT2D eigenvalue weighted by Gasteiger charge is 2.13. The molecule has 0 saturated carbocycles. The van der Waals surface area contributed by atoms with E-state index < -0.39 is 5.63 Å². The molecule has 1 aromatic carbocycles. The fourth-order valence-electron chi connectivity index (χ4n) is 1.94. The molecule has 0 radical (unpaired) electrons. The van der Waals surface area contributed by atoms with E-state index in [4.69, 9.17) is 19.0 Å². The zero-order valence-corrected chi connectivity index (χ0v) is 11.1. The molecule has 108 valence electrons. The third-order valence-electron chi connectivity index (χ3n) is 2.82. The molecule has 0 aliphatic rings. The molecule has 0 unspecified atom stereocenters. The average Bonchev–Trinajstić information content (AvgIpc) is 2.45. The maximum atomic E-state index is 11.4. The van der Waals surface area contributed by atoms with Crippen LogP contribution in [0.5, 0.6) is 11.5 Å². The van der Waals surface area contributed by atoms with Crippen LogP contribution in [-0.4, -0.2) is 30.5 Å². The van der Waals surface area contributed by atoms with Gasteiger partial charge in [-0.1, -0.05) is 0 Å². The number of ether oxygens (including phenoxy) is 2. The monoisotopic (exact) mass is 280 g/mol. The number of methoxy groups -OCH3 is 1. The van der Waals surface area contributed by atoms with Crippen LogP contribution >= 0.6 is 0 Å². The second-order valence-corrected chi connectivity index (χ2v) is 4.17. The summed E-state index contributed by atoms with van der Waals surface area (Å²) >= 11 is 0. The van der Waals surface area contributed by atoms with Crippen molar-refractivity contribution in [2.24, 2.45) is 0 Å². The van der Waals surface area contributed by atoms with Crippen LogP contribution in [0.25, 0.3) is 11.0 Å². The summed E-state index contributed by atoms with van der Waals surface area (Å²) in [5.74, 6) is 0.926. The second kappa shape index (κ2) is 6.40. The summed E-state index contributed by atoms with van der Waals surface area (Å²) in [6, 6.07) is 4.45. The summed E-state index contributed by atoms with van der Waals surface area (Å²) in [5, 5.41) is 18.6. The SMILES string of the molecule is COc1cc(OCCCO)cc2oc(=O)cc(CO)c12. The topological polar surface area (TPSA) is 89.1 Å². The second-order valence-electron chi connectivity index (χ2n) is 4.17. The molecule has 0 amide bonds. The maximum absolute atomic E-state index is 11.4. The predicted octanol–water partition coefficient (Wildman–Crippen LogP) is 1.06. The first-order chi connectivity index (χ1) is 9.69. The number of aliphatic hydroxyl groups excluding tert-OH is 2. The summed E-state index contributed by atoms with van der Waals surface area (Å²) < 4.78 is 15.8. The molecule has 6 nitrogen and oxygen atoms in total. The molecule has 1 aromatic heterocycles. The minimum atomic E-state index is -0.545. The normalized spacial score (nSPS) is 10.8. The van der Waals surface area contributed by atoms with Gasteiger partial charge in [-0.2, -0.15) is 0 Å². The van der Waals surface area contributed by atoms with Crippen LogP contribution in [0.3, 0.4) is 0 Å². The molecule has 20 heavy (non-hydrogen) atoms. The molecular formula is C14H16O6. The first kappa shape index (κ1) is 14.4. The minimum Gasteiger partial charge on any atom is -0.496 e.